The molecule has 6 heteroatoms. The first kappa shape index (κ1) is 16.7. The number of pyridine rings is 1. The fraction of sp³-hybridized carbons (Fsp3) is 0.611. The van der Waals surface area contributed by atoms with Crippen LogP contribution in [0.3, 0.4) is 0 Å². The van der Waals surface area contributed by atoms with Crippen LogP contribution in [0.1, 0.15) is 44.1 Å². The predicted molar refractivity (Wildman–Crippen MR) is 90.5 cm³/mol. The Bertz CT molecular complexity index is 635. The number of aromatic amines is 1. The minimum absolute atomic E-state index is 0.0591. The van der Waals surface area contributed by atoms with Crippen molar-refractivity contribution < 1.29 is 9.59 Å². The fourth-order valence-electron chi connectivity index (χ4n) is 3.87. The highest BCUT2D eigenvalue weighted by atomic mass is 16.2. The standard InChI is InChI=1S/C18H25N3O3/c22-16-8-7-13(12-20-16)9-10-19-18(24)14-4-1-2-5-15(14)21-11-3-6-17(21)23/h7-8,12,14-15H,1-6,9-11H2,(H,19,24)(H,20,22)/t14-,15+/m1/s1. The molecule has 2 amide bonds. The summed E-state index contributed by atoms with van der Waals surface area (Å²) in [7, 11) is 0. The van der Waals surface area contributed by atoms with Gasteiger partial charge in [0.25, 0.3) is 0 Å². The van der Waals surface area contributed by atoms with E-state index in [2.05, 4.69) is 10.3 Å². The second-order valence-corrected chi connectivity index (χ2v) is 6.75. The maximum Gasteiger partial charge on any atom is 0.247 e. The molecule has 24 heavy (non-hydrogen) atoms. The van der Waals surface area contributed by atoms with Gasteiger partial charge in [-0.05, 0) is 31.2 Å². The van der Waals surface area contributed by atoms with Gasteiger partial charge in [-0.15, -0.1) is 0 Å². The van der Waals surface area contributed by atoms with E-state index in [1.54, 1.807) is 12.3 Å². The van der Waals surface area contributed by atoms with Gasteiger partial charge in [0.2, 0.25) is 17.4 Å². The normalized spacial score (nSPS) is 24.2. The summed E-state index contributed by atoms with van der Waals surface area (Å²) < 4.78 is 0. The molecular formula is C18H25N3O3. The number of nitrogens with one attached hydrogen (secondary N) is 2. The Morgan fingerprint density at radius 3 is 2.75 bits per heavy atom. The van der Waals surface area contributed by atoms with Crippen molar-refractivity contribution in [1.82, 2.24) is 15.2 Å². The molecule has 2 heterocycles. The van der Waals surface area contributed by atoms with E-state index in [1.807, 2.05) is 4.90 Å². The summed E-state index contributed by atoms with van der Waals surface area (Å²) in [6.45, 7) is 1.34. The lowest BCUT2D eigenvalue weighted by Crippen LogP contribution is -2.49. The van der Waals surface area contributed by atoms with Gasteiger partial charge < -0.3 is 15.2 Å². The molecule has 1 aliphatic heterocycles. The number of rotatable bonds is 5. The maximum atomic E-state index is 12.6. The second kappa shape index (κ2) is 7.64. The Morgan fingerprint density at radius 1 is 1.21 bits per heavy atom. The van der Waals surface area contributed by atoms with Crippen molar-refractivity contribution in [3.8, 4) is 0 Å². The summed E-state index contributed by atoms with van der Waals surface area (Å²) in [4.78, 5) is 40.3. The van der Waals surface area contributed by atoms with Crippen molar-refractivity contribution in [1.29, 1.82) is 0 Å². The molecule has 1 aromatic rings. The summed E-state index contributed by atoms with van der Waals surface area (Å²) in [5.41, 5.74) is 0.868. The van der Waals surface area contributed by atoms with Crippen molar-refractivity contribution in [2.24, 2.45) is 5.92 Å². The number of carbonyl (C=O) groups excluding carboxylic acids is 2. The molecule has 1 aromatic heterocycles. The molecule has 3 rings (SSSR count). The Hall–Kier alpha value is -2.11. The van der Waals surface area contributed by atoms with Gasteiger partial charge in [-0.25, -0.2) is 0 Å². The Labute approximate surface area is 141 Å². The third-order valence-electron chi connectivity index (χ3n) is 5.14. The van der Waals surface area contributed by atoms with Crippen LogP contribution in [-0.2, 0) is 16.0 Å². The van der Waals surface area contributed by atoms with E-state index in [0.29, 0.717) is 19.4 Å². The summed E-state index contributed by atoms with van der Waals surface area (Å²) in [6.07, 6.45) is 7.84. The molecule has 0 unspecified atom stereocenters. The SMILES string of the molecule is O=C(NCCc1ccc(=O)[nH]c1)[C@@H]1CCCC[C@@H]1N1CCCC1=O. The lowest BCUT2D eigenvalue weighted by Gasteiger charge is -2.37. The van der Waals surface area contributed by atoms with Gasteiger partial charge >= 0.3 is 0 Å². The minimum Gasteiger partial charge on any atom is -0.355 e. The van der Waals surface area contributed by atoms with Crippen LogP contribution in [0.5, 0.6) is 0 Å². The number of nitrogens with zero attached hydrogens (tertiary/aromatic N) is 1. The molecular weight excluding hydrogens is 306 g/mol. The molecule has 2 N–H and O–H groups in total. The van der Waals surface area contributed by atoms with Crippen LogP contribution in [0.25, 0.3) is 0 Å². The van der Waals surface area contributed by atoms with E-state index in [-0.39, 0.29) is 29.3 Å². The van der Waals surface area contributed by atoms with Gasteiger partial charge in [0, 0.05) is 37.8 Å². The topological polar surface area (TPSA) is 82.3 Å². The zero-order valence-electron chi connectivity index (χ0n) is 13.9. The molecule has 0 radical (unpaired) electrons. The van der Waals surface area contributed by atoms with Crippen molar-refractivity contribution >= 4 is 11.8 Å². The van der Waals surface area contributed by atoms with Crippen LogP contribution in [0.15, 0.2) is 23.1 Å². The number of hydrogen-bond donors (Lipinski definition) is 2. The van der Waals surface area contributed by atoms with Crippen molar-refractivity contribution in [3.63, 3.8) is 0 Å². The molecule has 0 spiro atoms. The van der Waals surface area contributed by atoms with Gasteiger partial charge in [0.1, 0.15) is 0 Å². The summed E-state index contributed by atoms with van der Waals surface area (Å²) in [5, 5.41) is 3.01. The molecule has 2 aliphatic rings. The monoisotopic (exact) mass is 331 g/mol. The van der Waals surface area contributed by atoms with Gasteiger partial charge in [-0.2, -0.15) is 0 Å². The number of hydrogen-bond acceptors (Lipinski definition) is 3. The number of aromatic nitrogens is 1. The highest BCUT2D eigenvalue weighted by Crippen LogP contribution is 2.31. The zero-order valence-corrected chi connectivity index (χ0v) is 13.9. The van der Waals surface area contributed by atoms with Crippen LogP contribution in [-0.4, -0.2) is 40.8 Å². The molecule has 6 nitrogen and oxygen atoms in total. The quantitative estimate of drug-likeness (QED) is 0.851. The molecule has 1 saturated carbocycles. The van der Waals surface area contributed by atoms with E-state index in [9.17, 15) is 14.4 Å². The average Bonchev–Trinajstić information content (AvgIpc) is 3.02. The van der Waals surface area contributed by atoms with Gasteiger partial charge in [0.15, 0.2) is 0 Å². The largest absolute Gasteiger partial charge is 0.355 e. The number of amides is 2. The first-order valence-electron chi connectivity index (χ1n) is 8.90. The molecule has 0 aromatic carbocycles. The lowest BCUT2D eigenvalue weighted by molar-refractivity contribution is -0.135. The molecule has 0 bridgehead atoms. The van der Waals surface area contributed by atoms with Crippen LogP contribution in [0.4, 0.5) is 0 Å². The predicted octanol–water partition coefficient (Wildman–Crippen LogP) is 1.21. The van der Waals surface area contributed by atoms with Gasteiger partial charge in [-0.3, -0.25) is 14.4 Å². The third-order valence-corrected chi connectivity index (χ3v) is 5.14. The Kier molecular flexibility index (Phi) is 5.33. The average molecular weight is 331 g/mol. The Balaban J connectivity index is 1.55. The zero-order chi connectivity index (χ0) is 16.9. The summed E-state index contributed by atoms with van der Waals surface area (Å²) >= 11 is 0. The first-order chi connectivity index (χ1) is 11.6. The lowest BCUT2D eigenvalue weighted by atomic mass is 9.83. The number of carbonyl (C=O) groups is 2. The second-order valence-electron chi connectivity index (χ2n) is 6.75. The minimum atomic E-state index is -0.122. The van der Waals surface area contributed by atoms with E-state index in [1.165, 1.54) is 6.07 Å². The Morgan fingerprint density at radius 2 is 2.04 bits per heavy atom. The van der Waals surface area contributed by atoms with Gasteiger partial charge in [-0.1, -0.05) is 18.9 Å². The molecule has 2 fully saturated rings. The van der Waals surface area contributed by atoms with Crippen LogP contribution >= 0.6 is 0 Å². The van der Waals surface area contributed by atoms with E-state index >= 15 is 0 Å². The van der Waals surface area contributed by atoms with Crippen LogP contribution < -0.4 is 10.9 Å². The summed E-state index contributed by atoms with van der Waals surface area (Å²) in [6, 6.07) is 3.34. The third kappa shape index (κ3) is 3.86. The fourth-order valence-corrected chi connectivity index (χ4v) is 3.87. The summed E-state index contributed by atoms with van der Waals surface area (Å²) in [5.74, 6) is 0.174. The highest BCUT2D eigenvalue weighted by molar-refractivity contribution is 5.82. The van der Waals surface area contributed by atoms with Crippen molar-refractivity contribution in [2.45, 2.75) is 51.0 Å². The van der Waals surface area contributed by atoms with Crippen molar-refractivity contribution in [2.75, 3.05) is 13.1 Å². The molecule has 1 saturated heterocycles. The van der Waals surface area contributed by atoms with E-state index < -0.39 is 0 Å². The van der Waals surface area contributed by atoms with E-state index in [4.69, 9.17) is 0 Å². The van der Waals surface area contributed by atoms with Gasteiger partial charge in [0.05, 0.1) is 5.92 Å². The highest BCUT2D eigenvalue weighted by Gasteiger charge is 2.38. The van der Waals surface area contributed by atoms with Crippen LogP contribution in [0.2, 0.25) is 0 Å². The molecule has 2 atom stereocenters. The number of likely N-dealkylation sites (tertiary alicyclic amines) is 1. The first-order valence-corrected chi connectivity index (χ1v) is 8.90. The maximum absolute atomic E-state index is 12.6. The number of H-pyrrole nitrogens is 1. The smallest absolute Gasteiger partial charge is 0.247 e. The van der Waals surface area contributed by atoms with E-state index in [0.717, 1.165) is 44.2 Å². The molecule has 1 aliphatic carbocycles. The van der Waals surface area contributed by atoms with Crippen molar-refractivity contribution in [3.05, 3.63) is 34.2 Å². The van der Waals surface area contributed by atoms with Crippen LogP contribution in [0, 0.1) is 5.92 Å². The molecule has 130 valence electrons.